The van der Waals surface area contributed by atoms with Gasteiger partial charge in [-0.2, -0.15) is 4.99 Å². The summed E-state index contributed by atoms with van der Waals surface area (Å²) in [6.45, 7) is 1.78. The van der Waals surface area contributed by atoms with Crippen LogP contribution in [0.5, 0.6) is 0 Å². The van der Waals surface area contributed by atoms with Crippen molar-refractivity contribution in [3.63, 3.8) is 0 Å². The zero-order chi connectivity index (χ0) is 16.6. The van der Waals surface area contributed by atoms with E-state index in [4.69, 9.17) is 10.2 Å². The van der Waals surface area contributed by atoms with Gasteiger partial charge in [0.1, 0.15) is 11.5 Å². The molecule has 0 saturated carbocycles. The largest absolute Gasteiger partial charge is 0.456 e. The van der Waals surface area contributed by atoms with Crippen LogP contribution in [0.1, 0.15) is 11.3 Å². The van der Waals surface area contributed by atoms with Crippen molar-refractivity contribution in [1.82, 2.24) is 0 Å². The number of nitro groups is 1. The van der Waals surface area contributed by atoms with Gasteiger partial charge in [0.05, 0.1) is 15.4 Å². The molecule has 1 aromatic heterocycles. The van der Waals surface area contributed by atoms with Crippen LogP contribution in [-0.2, 0) is 4.79 Å². The third-order valence-electron chi connectivity index (χ3n) is 3.15. The molecule has 0 radical (unpaired) electrons. The first-order chi connectivity index (χ1) is 10.9. The zero-order valence-corrected chi connectivity index (χ0v) is 12.8. The lowest BCUT2D eigenvalue weighted by Gasteiger charge is -2.01. The lowest BCUT2D eigenvalue weighted by molar-refractivity contribution is -0.384. The van der Waals surface area contributed by atoms with Gasteiger partial charge in [-0.3, -0.25) is 14.9 Å². The van der Waals surface area contributed by atoms with Gasteiger partial charge in [0.15, 0.2) is 5.17 Å². The average molecular weight is 329 g/mol. The third-order valence-corrected chi connectivity index (χ3v) is 3.97. The maximum Gasteiger partial charge on any atom is 0.286 e. The molecule has 2 N–H and O–H groups in total. The smallest absolute Gasteiger partial charge is 0.286 e. The number of nitro benzene ring substituents is 1. The van der Waals surface area contributed by atoms with Gasteiger partial charge in [-0.05, 0) is 42.4 Å². The number of carbonyl (C=O) groups excluding carboxylic acids is 1. The standard InChI is InChI=1S/C15H11N3O4S/c1-8-2-4-10(11(6-8)18(20)21)12-5-3-9(22-12)7-13-14(19)17-15(16)23-13/h2-7H,1H3,(H2,16,17,19)/b13-7-. The predicted molar refractivity (Wildman–Crippen MR) is 87.7 cm³/mol. The summed E-state index contributed by atoms with van der Waals surface area (Å²) in [7, 11) is 0. The molecule has 1 aromatic carbocycles. The molecule has 0 spiro atoms. The molecule has 116 valence electrons. The number of aryl methyl sites for hydroxylation is 1. The molecule has 0 bridgehead atoms. The van der Waals surface area contributed by atoms with Crippen molar-refractivity contribution in [3.05, 3.63) is 56.7 Å². The monoisotopic (exact) mass is 329 g/mol. The van der Waals surface area contributed by atoms with Gasteiger partial charge in [0, 0.05) is 12.1 Å². The van der Waals surface area contributed by atoms with Crippen LogP contribution in [-0.4, -0.2) is 16.0 Å². The van der Waals surface area contributed by atoms with Crippen LogP contribution in [0.25, 0.3) is 17.4 Å². The Kier molecular flexibility index (Phi) is 3.75. The van der Waals surface area contributed by atoms with Crippen LogP contribution in [0.4, 0.5) is 5.69 Å². The maximum absolute atomic E-state index is 11.6. The van der Waals surface area contributed by atoms with E-state index in [1.807, 2.05) is 0 Å². The number of nitrogens with zero attached hydrogens (tertiary/aromatic N) is 2. The van der Waals surface area contributed by atoms with E-state index in [0.717, 1.165) is 17.3 Å². The number of hydrogen-bond acceptors (Lipinski definition) is 6. The van der Waals surface area contributed by atoms with E-state index < -0.39 is 10.8 Å². The molecular formula is C15H11N3O4S. The molecule has 1 aliphatic heterocycles. The molecule has 2 heterocycles. The van der Waals surface area contributed by atoms with E-state index in [9.17, 15) is 14.9 Å². The Bertz CT molecular complexity index is 883. The van der Waals surface area contributed by atoms with E-state index in [2.05, 4.69) is 4.99 Å². The highest BCUT2D eigenvalue weighted by atomic mass is 32.2. The Hall–Kier alpha value is -2.87. The van der Waals surface area contributed by atoms with E-state index in [1.54, 1.807) is 31.2 Å². The van der Waals surface area contributed by atoms with E-state index in [-0.39, 0.29) is 10.9 Å². The molecule has 8 heteroatoms. The van der Waals surface area contributed by atoms with Crippen LogP contribution in [0.15, 0.2) is 44.6 Å². The summed E-state index contributed by atoms with van der Waals surface area (Å²) in [5.41, 5.74) is 6.62. The molecule has 7 nitrogen and oxygen atoms in total. The number of carbonyl (C=O) groups is 1. The lowest BCUT2D eigenvalue weighted by Crippen LogP contribution is -2.01. The molecule has 3 rings (SSSR count). The Labute approximate surface area is 135 Å². The number of amidine groups is 1. The van der Waals surface area contributed by atoms with Crippen molar-refractivity contribution >= 4 is 34.6 Å². The van der Waals surface area contributed by atoms with Crippen LogP contribution in [0.2, 0.25) is 0 Å². The molecule has 1 aliphatic rings. The van der Waals surface area contributed by atoms with Crippen molar-refractivity contribution in [2.75, 3.05) is 0 Å². The number of rotatable bonds is 3. The molecule has 2 aromatic rings. The van der Waals surface area contributed by atoms with Gasteiger partial charge in [-0.15, -0.1) is 0 Å². The summed E-state index contributed by atoms with van der Waals surface area (Å²) in [4.78, 5) is 26.2. The van der Waals surface area contributed by atoms with Crippen LogP contribution < -0.4 is 5.73 Å². The summed E-state index contributed by atoms with van der Waals surface area (Å²) < 4.78 is 5.61. The number of hydrogen-bond donors (Lipinski definition) is 1. The Balaban J connectivity index is 1.96. The number of amides is 1. The minimum atomic E-state index is -0.451. The topological polar surface area (TPSA) is 112 Å². The van der Waals surface area contributed by atoms with Gasteiger partial charge in [-0.25, -0.2) is 0 Å². The maximum atomic E-state index is 11.6. The summed E-state index contributed by atoms with van der Waals surface area (Å²) in [6.07, 6.45) is 1.51. The number of thioether (sulfide) groups is 1. The molecular weight excluding hydrogens is 318 g/mol. The summed E-state index contributed by atoms with van der Waals surface area (Å²) in [6, 6.07) is 8.15. The van der Waals surface area contributed by atoms with Gasteiger partial charge in [0.25, 0.3) is 11.6 Å². The van der Waals surface area contributed by atoms with Gasteiger partial charge in [0.2, 0.25) is 0 Å². The summed E-state index contributed by atoms with van der Waals surface area (Å²) >= 11 is 1.05. The van der Waals surface area contributed by atoms with Crippen molar-refractivity contribution in [1.29, 1.82) is 0 Å². The number of nitrogens with two attached hydrogens (primary N) is 1. The van der Waals surface area contributed by atoms with Crippen LogP contribution >= 0.6 is 11.8 Å². The minimum Gasteiger partial charge on any atom is -0.456 e. The third kappa shape index (κ3) is 3.02. The average Bonchev–Trinajstić information content (AvgIpc) is 3.06. The normalized spacial score (nSPS) is 16.0. The van der Waals surface area contributed by atoms with Crippen LogP contribution in [0, 0.1) is 17.0 Å². The second-order valence-electron chi connectivity index (χ2n) is 4.85. The zero-order valence-electron chi connectivity index (χ0n) is 12.0. The fraction of sp³-hybridized carbons (Fsp3) is 0.0667. The molecule has 0 unspecified atom stereocenters. The Morgan fingerprint density at radius 3 is 2.78 bits per heavy atom. The lowest BCUT2D eigenvalue weighted by atomic mass is 10.1. The minimum absolute atomic E-state index is 0.0301. The number of aliphatic imine (C=N–C) groups is 1. The van der Waals surface area contributed by atoms with E-state index in [1.165, 1.54) is 12.1 Å². The highest BCUT2D eigenvalue weighted by Crippen LogP contribution is 2.33. The van der Waals surface area contributed by atoms with Crippen molar-refractivity contribution in [2.45, 2.75) is 6.92 Å². The molecule has 0 fully saturated rings. The molecule has 0 atom stereocenters. The van der Waals surface area contributed by atoms with Crippen molar-refractivity contribution in [3.8, 4) is 11.3 Å². The van der Waals surface area contributed by atoms with Crippen molar-refractivity contribution in [2.24, 2.45) is 10.7 Å². The highest BCUT2D eigenvalue weighted by molar-refractivity contribution is 8.18. The van der Waals surface area contributed by atoms with Gasteiger partial charge < -0.3 is 10.2 Å². The first-order valence-electron chi connectivity index (χ1n) is 6.57. The van der Waals surface area contributed by atoms with Gasteiger partial charge in [-0.1, -0.05) is 6.07 Å². The Morgan fingerprint density at radius 2 is 2.13 bits per heavy atom. The predicted octanol–water partition coefficient (Wildman–Crippen LogP) is 3.09. The fourth-order valence-electron chi connectivity index (χ4n) is 2.13. The first kappa shape index (κ1) is 15.0. The quantitative estimate of drug-likeness (QED) is 0.526. The molecule has 0 saturated heterocycles. The van der Waals surface area contributed by atoms with E-state index in [0.29, 0.717) is 22.0 Å². The first-order valence-corrected chi connectivity index (χ1v) is 7.39. The number of benzene rings is 1. The Morgan fingerprint density at radius 1 is 1.35 bits per heavy atom. The number of furan rings is 1. The van der Waals surface area contributed by atoms with Gasteiger partial charge >= 0.3 is 0 Å². The summed E-state index contributed by atoms with van der Waals surface area (Å²) in [5, 5.41) is 11.4. The fourth-order valence-corrected chi connectivity index (χ4v) is 2.79. The van der Waals surface area contributed by atoms with E-state index >= 15 is 0 Å². The van der Waals surface area contributed by atoms with Crippen molar-refractivity contribution < 1.29 is 14.1 Å². The van der Waals surface area contributed by atoms with Crippen LogP contribution in [0.3, 0.4) is 0 Å². The second-order valence-corrected chi connectivity index (χ2v) is 5.91. The SMILES string of the molecule is Cc1ccc(-c2ccc(/C=C3\SC(N)=NC3=O)o2)c([N+](=O)[O-])c1. The molecule has 0 aliphatic carbocycles. The second kappa shape index (κ2) is 5.73. The molecule has 1 amide bonds. The highest BCUT2D eigenvalue weighted by Gasteiger charge is 2.21. The summed E-state index contributed by atoms with van der Waals surface area (Å²) in [5.74, 6) is 0.329. The molecule has 23 heavy (non-hydrogen) atoms.